The summed E-state index contributed by atoms with van der Waals surface area (Å²) in [5, 5.41) is 3.23. The number of halogens is 2. The van der Waals surface area contributed by atoms with Crippen LogP contribution in [0.5, 0.6) is 0 Å². The quantitative estimate of drug-likeness (QED) is 0.812. The molecule has 88 valence electrons. The molecule has 0 radical (unpaired) electrons. The topological polar surface area (TPSA) is 37.8 Å². The summed E-state index contributed by atoms with van der Waals surface area (Å²) in [7, 11) is 0. The number of hydrogen-bond acceptors (Lipinski definition) is 3. The van der Waals surface area contributed by atoms with Crippen molar-refractivity contribution in [2.24, 2.45) is 5.41 Å². The standard InChI is InChI=1S/C11H15ClFN3/c1-6-9(13)10(15-5-14-6)16-8-4-7(12)11(8,2)3/h5,7-8H,4H2,1-3H3,(H,14,15,16). The SMILES string of the molecule is Cc1ncnc(NC2CC(Cl)C2(C)C)c1F. The van der Waals surface area contributed by atoms with Crippen molar-refractivity contribution in [1.29, 1.82) is 0 Å². The highest BCUT2D eigenvalue weighted by Crippen LogP contribution is 2.45. The first kappa shape index (κ1) is 11.6. The fraction of sp³-hybridized carbons (Fsp3) is 0.636. The van der Waals surface area contributed by atoms with E-state index in [1.54, 1.807) is 6.92 Å². The largest absolute Gasteiger partial charge is 0.364 e. The van der Waals surface area contributed by atoms with E-state index >= 15 is 0 Å². The fourth-order valence-corrected chi connectivity index (χ4v) is 2.17. The van der Waals surface area contributed by atoms with Gasteiger partial charge in [-0.05, 0) is 13.3 Å². The summed E-state index contributed by atoms with van der Waals surface area (Å²) in [4.78, 5) is 7.70. The van der Waals surface area contributed by atoms with E-state index < -0.39 is 0 Å². The van der Waals surface area contributed by atoms with Gasteiger partial charge in [-0.15, -0.1) is 11.6 Å². The first-order valence-electron chi connectivity index (χ1n) is 5.30. The van der Waals surface area contributed by atoms with E-state index in [0.29, 0.717) is 5.69 Å². The minimum Gasteiger partial charge on any atom is -0.364 e. The molecule has 0 amide bonds. The molecule has 16 heavy (non-hydrogen) atoms. The lowest BCUT2D eigenvalue weighted by Crippen LogP contribution is -2.54. The third kappa shape index (κ3) is 1.75. The summed E-state index contributed by atoms with van der Waals surface area (Å²) in [6, 6.07) is 0.166. The average Bonchev–Trinajstić information content (AvgIpc) is 2.24. The zero-order valence-corrected chi connectivity index (χ0v) is 10.3. The molecule has 3 nitrogen and oxygen atoms in total. The number of nitrogens with zero attached hydrogens (tertiary/aromatic N) is 2. The van der Waals surface area contributed by atoms with Crippen molar-refractivity contribution in [3.8, 4) is 0 Å². The maximum absolute atomic E-state index is 13.7. The van der Waals surface area contributed by atoms with Crippen LogP contribution in [0.4, 0.5) is 10.2 Å². The van der Waals surface area contributed by atoms with Crippen molar-refractivity contribution in [3.05, 3.63) is 17.8 Å². The number of rotatable bonds is 2. The second-order valence-corrected chi connectivity index (χ2v) is 5.37. The molecular weight excluding hydrogens is 229 g/mol. The lowest BCUT2D eigenvalue weighted by molar-refractivity contribution is 0.167. The molecule has 0 saturated heterocycles. The molecule has 2 unspecified atom stereocenters. The molecule has 1 aliphatic carbocycles. The van der Waals surface area contributed by atoms with Gasteiger partial charge in [0.25, 0.3) is 0 Å². The first-order valence-corrected chi connectivity index (χ1v) is 5.74. The molecule has 2 rings (SSSR count). The Morgan fingerprint density at radius 3 is 2.75 bits per heavy atom. The number of anilines is 1. The van der Waals surface area contributed by atoms with E-state index in [1.165, 1.54) is 6.33 Å². The van der Waals surface area contributed by atoms with Gasteiger partial charge >= 0.3 is 0 Å². The maximum Gasteiger partial charge on any atom is 0.186 e. The summed E-state index contributed by atoms with van der Waals surface area (Å²) in [5.74, 6) is -0.106. The summed E-state index contributed by atoms with van der Waals surface area (Å²) in [6.07, 6.45) is 2.20. The third-order valence-electron chi connectivity index (χ3n) is 3.42. The predicted molar refractivity (Wildman–Crippen MR) is 62.2 cm³/mol. The Morgan fingerprint density at radius 1 is 1.50 bits per heavy atom. The van der Waals surface area contributed by atoms with E-state index in [4.69, 9.17) is 11.6 Å². The van der Waals surface area contributed by atoms with Gasteiger partial charge in [-0.2, -0.15) is 0 Å². The molecule has 1 saturated carbocycles. The zero-order chi connectivity index (χ0) is 11.9. The molecule has 1 N–H and O–H groups in total. The van der Waals surface area contributed by atoms with Crippen molar-refractivity contribution in [2.45, 2.75) is 38.6 Å². The predicted octanol–water partition coefficient (Wildman–Crippen LogP) is 2.74. The van der Waals surface area contributed by atoms with Gasteiger partial charge in [0, 0.05) is 16.8 Å². The molecule has 1 aromatic rings. The minimum atomic E-state index is -0.378. The van der Waals surface area contributed by atoms with Gasteiger partial charge in [0.2, 0.25) is 0 Å². The van der Waals surface area contributed by atoms with Crippen LogP contribution in [0.1, 0.15) is 26.0 Å². The van der Waals surface area contributed by atoms with Crippen LogP contribution in [0.15, 0.2) is 6.33 Å². The highest BCUT2D eigenvalue weighted by molar-refractivity contribution is 6.21. The van der Waals surface area contributed by atoms with Crippen LogP contribution >= 0.6 is 11.6 Å². The third-order valence-corrected chi connectivity index (χ3v) is 4.16. The fourth-order valence-electron chi connectivity index (χ4n) is 1.84. The Bertz CT molecular complexity index is 408. The summed E-state index contributed by atoms with van der Waals surface area (Å²) < 4.78 is 13.7. The Hall–Kier alpha value is -0.900. The van der Waals surface area contributed by atoms with Gasteiger partial charge in [-0.3, -0.25) is 0 Å². The summed E-state index contributed by atoms with van der Waals surface area (Å²) >= 11 is 6.11. The zero-order valence-electron chi connectivity index (χ0n) is 9.59. The molecule has 0 aliphatic heterocycles. The molecule has 2 atom stereocenters. The van der Waals surface area contributed by atoms with Crippen LogP contribution in [-0.4, -0.2) is 21.4 Å². The van der Waals surface area contributed by atoms with Gasteiger partial charge < -0.3 is 5.32 Å². The number of alkyl halides is 1. The average molecular weight is 244 g/mol. The first-order chi connectivity index (χ1) is 7.43. The second kappa shape index (κ2) is 3.84. The van der Waals surface area contributed by atoms with Crippen LogP contribution in [0.2, 0.25) is 0 Å². The van der Waals surface area contributed by atoms with Gasteiger partial charge in [-0.25, -0.2) is 14.4 Å². The molecule has 0 spiro atoms. The molecule has 0 aromatic carbocycles. The van der Waals surface area contributed by atoms with Crippen molar-refractivity contribution in [2.75, 3.05) is 5.32 Å². The smallest absolute Gasteiger partial charge is 0.186 e. The molecule has 5 heteroatoms. The van der Waals surface area contributed by atoms with Crippen LogP contribution in [-0.2, 0) is 0 Å². The number of aryl methyl sites for hydroxylation is 1. The summed E-state index contributed by atoms with van der Waals surface area (Å²) in [5.41, 5.74) is 0.324. The van der Waals surface area contributed by atoms with E-state index in [1.807, 2.05) is 0 Å². The summed E-state index contributed by atoms with van der Waals surface area (Å²) in [6.45, 7) is 5.76. The normalized spacial score (nSPS) is 27.3. The Morgan fingerprint density at radius 2 is 2.19 bits per heavy atom. The molecule has 1 aromatic heterocycles. The lowest BCUT2D eigenvalue weighted by atomic mass is 9.67. The van der Waals surface area contributed by atoms with Crippen LogP contribution in [0.3, 0.4) is 0 Å². The van der Waals surface area contributed by atoms with E-state index in [2.05, 4.69) is 29.1 Å². The maximum atomic E-state index is 13.7. The minimum absolute atomic E-state index is 0.0349. The molecular formula is C11H15ClFN3. The van der Waals surface area contributed by atoms with Gasteiger partial charge in [0.15, 0.2) is 11.6 Å². The van der Waals surface area contributed by atoms with Crippen LogP contribution in [0, 0.1) is 18.2 Å². The van der Waals surface area contributed by atoms with Crippen molar-refractivity contribution >= 4 is 17.4 Å². The lowest BCUT2D eigenvalue weighted by Gasteiger charge is -2.49. The molecule has 0 bridgehead atoms. The Balaban J connectivity index is 2.14. The Labute approximate surface area is 99.4 Å². The molecule has 1 heterocycles. The second-order valence-electron chi connectivity index (χ2n) is 4.84. The Kier molecular flexibility index (Phi) is 2.78. The highest BCUT2D eigenvalue weighted by Gasteiger charge is 2.47. The molecule has 1 fully saturated rings. The molecule has 1 aliphatic rings. The van der Waals surface area contributed by atoms with E-state index in [9.17, 15) is 4.39 Å². The highest BCUT2D eigenvalue weighted by atomic mass is 35.5. The number of aromatic nitrogens is 2. The number of hydrogen-bond donors (Lipinski definition) is 1. The monoisotopic (exact) mass is 243 g/mol. The van der Waals surface area contributed by atoms with Gasteiger partial charge in [0.05, 0.1) is 5.69 Å². The van der Waals surface area contributed by atoms with Crippen LogP contribution < -0.4 is 5.32 Å². The number of nitrogens with one attached hydrogen (secondary N) is 1. The van der Waals surface area contributed by atoms with E-state index in [-0.39, 0.29) is 28.5 Å². The van der Waals surface area contributed by atoms with Crippen molar-refractivity contribution < 1.29 is 4.39 Å². The van der Waals surface area contributed by atoms with Gasteiger partial charge in [0.1, 0.15) is 6.33 Å². The van der Waals surface area contributed by atoms with Crippen LogP contribution in [0.25, 0.3) is 0 Å². The van der Waals surface area contributed by atoms with Crippen molar-refractivity contribution in [3.63, 3.8) is 0 Å². The van der Waals surface area contributed by atoms with Gasteiger partial charge in [-0.1, -0.05) is 13.8 Å². The van der Waals surface area contributed by atoms with Crippen molar-refractivity contribution in [1.82, 2.24) is 9.97 Å². The van der Waals surface area contributed by atoms with E-state index in [0.717, 1.165) is 6.42 Å².